The fourth-order valence-corrected chi connectivity index (χ4v) is 2.45. The van der Waals surface area contributed by atoms with Crippen LogP contribution in [0.2, 0.25) is 0 Å². The van der Waals surface area contributed by atoms with Gasteiger partial charge in [-0.1, -0.05) is 6.07 Å². The summed E-state index contributed by atoms with van der Waals surface area (Å²) in [4.78, 5) is 2.07. The third kappa shape index (κ3) is 4.38. The second-order valence-electron chi connectivity index (χ2n) is 5.03. The molecule has 0 radical (unpaired) electrons. The van der Waals surface area contributed by atoms with E-state index in [0.29, 0.717) is 45.0 Å². The molecule has 1 heterocycles. The molecule has 6 heteroatoms. The molecular formula is C15H23FN2O3. The number of rotatable bonds is 7. The van der Waals surface area contributed by atoms with E-state index in [9.17, 15) is 9.50 Å². The van der Waals surface area contributed by atoms with Crippen molar-refractivity contribution in [3.05, 3.63) is 29.6 Å². The summed E-state index contributed by atoms with van der Waals surface area (Å²) in [6.07, 6.45) is -0.212. The number of benzene rings is 1. The van der Waals surface area contributed by atoms with Crippen LogP contribution in [0.3, 0.4) is 0 Å². The van der Waals surface area contributed by atoms with Gasteiger partial charge in [-0.25, -0.2) is 4.39 Å². The molecule has 21 heavy (non-hydrogen) atoms. The van der Waals surface area contributed by atoms with Crippen LogP contribution in [0.25, 0.3) is 0 Å². The van der Waals surface area contributed by atoms with Crippen LogP contribution in [0.5, 0.6) is 0 Å². The summed E-state index contributed by atoms with van der Waals surface area (Å²) in [5.41, 5.74) is 1.51. The van der Waals surface area contributed by atoms with Crippen LogP contribution >= 0.6 is 0 Å². The maximum atomic E-state index is 14.1. The number of nitrogens with zero attached hydrogens (tertiary/aromatic N) is 1. The molecule has 1 aromatic carbocycles. The summed E-state index contributed by atoms with van der Waals surface area (Å²) in [5.74, 6) is -0.218. The van der Waals surface area contributed by atoms with Crippen molar-refractivity contribution in [2.75, 3.05) is 51.5 Å². The summed E-state index contributed by atoms with van der Waals surface area (Å²) in [6.45, 7) is 3.51. The van der Waals surface area contributed by atoms with Gasteiger partial charge in [0.15, 0.2) is 0 Å². The average Bonchev–Trinajstić information content (AvgIpc) is 2.52. The molecule has 1 aliphatic rings. The quantitative estimate of drug-likeness (QED) is 0.728. The van der Waals surface area contributed by atoms with E-state index >= 15 is 0 Å². The number of methoxy groups -OCH3 is 1. The number of hydrogen-bond acceptors (Lipinski definition) is 5. The monoisotopic (exact) mass is 298 g/mol. The van der Waals surface area contributed by atoms with Crippen molar-refractivity contribution in [1.29, 1.82) is 0 Å². The standard InChI is InChI=1S/C15H23FN2O3/c1-20-7-5-17-9-13-14(16)3-2-4-15(13)18-6-8-21-12(10-18)11-19/h2-4,12,17,19H,5-11H2,1H3. The molecule has 1 unspecified atom stereocenters. The number of aliphatic hydroxyl groups excluding tert-OH is 1. The van der Waals surface area contributed by atoms with Crippen LogP contribution in [0.15, 0.2) is 18.2 Å². The van der Waals surface area contributed by atoms with E-state index in [4.69, 9.17) is 9.47 Å². The van der Waals surface area contributed by atoms with Gasteiger partial charge in [0.25, 0.3) is 0 Å². The van der Waals surface area contributed by atoms with Gasteiger partial charge in [0.05, 0.1) is 25.9 Å². The van der Waals surface area contributed by atoms with Crippen LogP contribution in [0, 0.1) is 5.82 Å². The Kier molecular flexibility index (Phi) is 6.38. The normalized spacial score (nSPS) is 19.0. The van der Waals surface area contributed by atoms with E-state index in [-0.39, 0.29) is 18.5 Å². The molecule has 0 amide bonds. The lowest BCUT2D eigenvalue weighted by Gasteiger charge is -2.35. The summed E-state index contributed by atoms with van der Waals surface area (Å²) in [5, 5.41) is 12.4. The lowest BCUT2D eigenvalue weighted by Crippen LogP contribution is -2.44. The average molecular weight is 298 g/mol. The molecule has 2 N–H and O–H groups in total. The Morgan fingerprint density at radius 1 is 1.52 bits per heavy atom. The van der Waals surface area contributed by atoms with Gasteiger partial charge in [0.1, 0.15) is 5.82 Å². The molecule has 1 fully saturated rings. The van der Waals surface area contributed by atoms with Gasteiger partial charge in [0, 0.05) is 44.5 Å². The highest BCUT2D eigenvalue weighted by Crippen LogP contribution is 2.25. The highest BCUT2D eigenvalue weighted by molar-refractivity contribution is 5.54. The summed E-state index contributed by atoms with van der Waals surface area (Å²) >= 11 is 0. The SMILES string of the molecule is COCCNCc1c(F)cccc1N1CCOC(CO)C1. The van der Waals surface area contributed by atoms with Crippen molar-refractivity contribution >= 4 is 5.69 Å². The molecule has 0 saturated carbocycles. The van der Waals surface area contributed by atoms with Crippen molar-refractivity contribution < 1.29 is 19.0 Å². The summed E-state index contributed by atoms with van der Waals surface area (Å²) in [6, 6.07) is 5.10. The largest absolute Gasteiger partial charge is 0.394 e. The molecular weight excluding hydrogens is 275 g/mol. The second kappa shape index (κ2) is 8.29. The van der Waals surface area contributed by atoms with Crippen molar-refractivity contribution in [3.63, 3.8) is 0 Å². The number of hydrogen-bond donors (Lipinski definition) is 2. The highest BCUT2D eigenvalue weighted by atomic mass is 19.1. The zero-order valence-electron chi connectivity index (χ0n) is 12.3. The lowest BCUT2D eigenvalue weighted by atomic mass is 10.1. The topological polar surface area (TPSA) is 54.0 Å². The van der Waals surface area contributed by atoms with Gasteiger partial charge < -0.3 is 24.8 Å². The van der Waals surface area contributed by atoms with Crippen molar-refractivity contribution in [2.24, 2.45) is 0 Å². The van der Waals surface area contributed by atoms with E-state index in [1.54, 1.807) is 13.2 Å². The van der Waals surface area contributed by atoms with Gasteiger partial charge >= 0.3 is 0 Å². The zero-order valence-corrected chi connectivity index (χ0v) is 12.3. The van der Waals surface area contributed by atoms with Gasteiger partial charge in [-0.3, -0.25) is 0 Å². The van der Waals surface area contributed by atoms with Crippen molar-refractivity contribution in [1.82, 2.24) is 5.32 Å². The smallest absolute Gasteiger partial charge is 0.129 e. The molecule has 2 rings (SSSR count). The van der Waals surface area contributed by atoms with E-state index in [1.165, 1.54) is 6.07 Å². The molecule has 0 bridgehead atoms. The number of nitrogens with one attached hydrogen (secondary N) is 1. The Morgan fingerprint density at radius 2 is 2.38 bits per heavy atom. The predicted octanol–water partition coefficient (Wildman–Crippen LogP) is 0.759. The first kappa shape index (κ1) is 16.2. The van der Waals surface area contributed by atoms with Gasteiger partial charge in [-0.15, -0.1) is 0 Å². The Balaban J connectivity index is 2.08. The molecule has 1 saturated heterocycles. The first-order chi connectivity index (χ1) is 10.3. The number of halogens is 1. The number of morpholine rings is 1. The highest BCUT2D eigenvalue weighted by Gasteiger charge is 2.22. The van der Waals surface area contributed by atoms with Crippen LogP contribution in [-0.4, -0.2) is 57.8 Å². The third-order valence-corrected chi connectivity index (χ3v) is 3.56. The lowest BCUT2D eigenvalue weighted by molar-refractivity contribution is 0.00351. The maximum absolute atomic E-state index is 14.1. The van der Waals surface area contributed by atoms with E-state index in [2.05, 4.69) is 10.2 Å². The van der Waals surface area contributed by atoms with Gasteiger partial charge in [-0.2, -0.15) is 0 Å². The molecule has 5 nitrogen and oxygen atoms in total. The van der Waals surface area contributed by atoms with E-state index < -0.39 is 0 Å². The third-order valence-electron chi connectivity index (χ3n) is 3.56. The summed E-state index contributed by atoms with van der Waals surface area (Å²) in [7, 11) is 1.64. The van der Waals surface area contributed by atoms with Crippen molar-refractivity contribution in [3.8, 4) is 0 Å². The summed E-state index contributed by atoms with van der Waals surface area (Å²) < 4.78 is 24.5. The first-order valence-electron chi connectivity index (χ1n) is 7.20. The molecule has 1 aromatic rings. The van der Waals surface area contributed by atoms with Crippen molar-refractivity contribution in [2.45, 2.75) is 12.6 Å². The maximum Gasteiger partial charge on any atom is 0.129 e. The van der Waals surface area contributed by atoms with Gasteiger partial charge in [0.2, 0.25) is 0 Å². The fourth-order valence-electron chi connectivity index (χ4n) is 2.45. The molecule has 118 valence electrons. The van der Waals surface area contributed by atoms with E-state index in [1.807, 2.05) is 6.07 Å². The Labute approximate surface area is 124 Å². The molecule has 1 aliphatic heterocycles. The van der Waals surface area contributed by atoms with Crippen LogP contribution in [0.4, 0.5) is 10.1 Å². The minimum Gasteiger partial charge on any atom is -0.394 e. The fraction of sp³-hybridized carbons (Fsp3) is 0.600. The van der Waals surface area contributed by atoms with Crippen LogP contribution in [0.1, 0.15) is 5.56 Å². The molecule has 0 spiro atoms. The minimum atomic E-state index is -0.218. The van der Waals surface area contributed by atoms with Crippen LogP contribution in [-0.2, 0) is 16.0 Å². The predicted molar refractivity (Wildman–Crippen MR) is 79.0 cm³/mol. The molecule has 1 atom stereocenters. The number of ether oxygens (including phenoxy) is 2. The minimum absolute atomic E-state index is 0.0206. The first-order valence-corrected chi connectivity index (χ1v) is 7.20. The number of anilines is 1. The Morgan fingerprint density at radius 3 is 3.14 bits per heavy atom. The molecule has 0 aliphatic carbocycles. The van der Waals surface area contributed by atoms with E-state index in [0.717, 1.165) is 5.69 Å². The number of aliphatic hydroxyl groups is 1. The van der Waals surface area contributed by atoms with Crippen LogP contribution < -0.4 is 10.2 Å². The Hall–Kier alpha value is -1.21. The Bertz CT molecular complexity index is 445. The zero-order chi connectivity index (χ0) is 15.1. The van der Waals surface area contributed by atoms with Gasteiger partial charge in [-0.05, 0) is 12.1 Å². The second-order valence-corrected chi connectivity index (χ2v) is 5.03. The molecule has 0 aromatic heterocycles.